The van der Waals surface area contributed by atoms with Crippen LogP contribution in [0, 0.1) is 0 Å². The van der Waals surface area contributed by atoms with Gasteiger partial charge in [-0.15, -0.1) is 6.58 Å². The number of fused-ring (bicyclic) bond motifs is 2. The van der Waals surface area contributed by atoms with E-state index >= 15 is 0 Å². The number of aryl methyl sites for hydroxylation is 1. The number of benzene rings is 1. The Balaban J connectivity index is 2.14. The molecule has 2 aromatic rings. The first-order chi connectivity index (χ1) is 10.7. The van der Waals surface area contributed by atoms with Crippen molar-refractivity contribution < 1.29 is 4.79 Å². The average molecular weight is 295 g/mol. The van der Waals surface area contributed by atoms with E-state index in [1.165, 1.54) is 5.56 Å². The minimum absolute atomic E-state index is 0.0410. The third kappa shape index (κ3) is 2.25. The highest BCUT2D eigenvalue weighted by Gasteiger charge is 2.31. The number of nitrogen functional groups attached to an aromatic ring is 1. The number of carbonyl (C=O) groups is 1. The second-order valence-corrected chi connectivity index (χ2v) is 5.74. The van der Waals surface area contributed by atoms with Crippen LogP contribution in [-0.4, -0.2) is 22.3 Å². The predicted molar refractivity (Wildman–Crippen MR) is 89.7 cm³/mol. The molecule has 1 aliphatic heterocycles. The Morgan fingerprint density at radius 2 is 2.27 bits per heavy atom. The Hall–Kier alpha value is -2.36. The maximum absolute atomic E-state index is 12.5. The number of carbonyl (C=O) groups excluding carboxylic acids is 1. The summed E-state index contributed by atoms with van der Waals surface area (Å²) in [4.78, 5) is 19.0. The first kappa shape index (κ1) is 14.6. The summed E-state index contributed by atoms with van der Waals surface area (Å²) in [6.07, 6.45) is 4.98. The second kappa shape index (κ2) is 5.79. The van der Waals surface area contributed by atoms with Crippen LogP contribution in [0.5, 0.6) is 0 Å². The van der Waals surface area contributed by atoms with Crippen LogP contribution in [0.25, 0.3) is 10.9 Å². The van der Waals surface area contributed by atoms with E-state index in [0.717, 1.165) is 35.9 Å². The van der Waals surface area contributed by atoms with Crippen molar-refractivity contribution in [3.05, 3.63) is 47.7 Å². The van der Waals surface area contributed by atoms with E-state index in [9.17, 15) is 4.79 Å². The molecule has 1 aromatic heterocycles. The second-order valence-electron chi connectivity index (χ2n) is 5.74. The molecular weight excluding hydrogens is 274 g/mol. The zero-order chi connectivity index (χ0) is 15.7. The maximum atomic E-state index is 12.5. The lowest BCUT2D eigenvalue weighted by Crippen LogP contribution is -2.24. The van der Waals surface area contributed by atoms with Crippen molar-refractivity contribution in [1.29, 1.82) is 0 Å². The summed E-state index contributed by atoms with van der Waals surface area (Å²) in [6.45, 7) is 6.92. The molecule has 0 aliphatic carbocycles. The van der Waals surface area contributed by atoms with E-state index in [-0.39, 0.29) is 5.91 Å². The highest BCUT2D eigenvalue weighted by Crippen LogP contribution is 2.33. The summed E-state index contributed by atoms with van der Waals surface area (Å²) < 4.78 is 0. The average Bonchev–Trinajstić information content (AvgIpc) is 2.82. The van der Waals surface area contributed by atoms with Crippen molar-refractivity contribution in [2.45, 2.75) is 32.7 Å². The van der Waals surface area contributed by atoms with Gasteiger partial charge in [0.05, 0.1) is 29.0 Å². The van der Waals surface area contributed by atoms with Gasteiger partial charge >= 0.3 is 0 Å². The number of unbranched alkanes of at least 4 members (excludes halogenated alkanes) is 1. The van der Waals surface area contributed by atoms with Crippen LogP contribution in [-0.2, 0) is 13.0 Å². The number of hydrogen-bond acceptors (Lipinski definition) is 3. The molecule has 2 heterocycles. The van der Waals surface area contributed by atoms with Gasteiger partial charge in [-0.1, -0.05) is 37.6 Å². The molecule has 0 saturated heterocycles. The number of hydrogen-bond donors (Lipinski definition) is 1. The van der Waals surface area contributed by atoms with Crippen LogP contribution in [0.2, 0.25) is 0 Å². The van der Waals surface area contributed by atoms with Gasteiger partial charge in [-0.25, -0.2) is 4.98 Å². The fourth-order valence-electron chi connectivity index (χ4n) is 3.06. The molecule has 114 valence electrons. The van der Waals surface area contributed by atoms with Gasteiger partial charge in [-0.3, -0.25) is 4.79 Å². The number of aromatic nitrogens is 1. The van der Waals surface area contributed by atoms with Gasteiger partial charge in [0, 0.05) is 11.9 Å². The highest BCUT2D eigenvalue weighted by molar-refractivity contribution is 6.09. The van der Waals surface area contributed by atoms with Gasteiger partial charge in [0.1, 0.15) is 0 Å². The Morgan fingerprint density at radius 1 is 1.45 bits per heavy atom. The Labute approximate surface area is 130 Å². The predicted octanol–water partition coefficient (Wildman–Crippen LogP) is 3.30. The van der Waals surface area contributed by atoms with Crippen molar-refractivity contribution in [3.63, 3.8) is 0 Å². The van der Waals surface area contributed by atoms with Crippen LogP contribution >= 0.6 is 0 Å². The van der Waals surface area contributed by atoms with Crippen molar-refractivity contribution in [2.75, 3.05) is 12.3 Å². The number of para-hydroxylation sites is 1. The highest BCUT2D eigenvalue weighted by atomic mass is 16.2. The lowest BCUT2D eigenvalue weighted by atomic mass is 10.0. The standard InChI is InChI=1S/C18H21N3O/c1-3-5-7-12-8-6-9-13-16(19)15-14(20-17(12)13)11-21(10-4-2)18(15)22/h4,6,8-9H,2-3,5,7,10-11H2,1H3,(H2,19,20). The molecule has 0 saturated carbocycles. The van der Waals surface area contributed by atoms with Gasteiger partial charge < -0.3 is 10.6 Å². The molecule has 0 fully saturated rings. The van der Waals surface area contributed by atoms with Crippen LogP contribution in [0.3, 0.4) is 0 Å². The minimum Gasteiger partial charge on any atom is -0.397 e. The number of anilines is 1. The normalized spacial score (nSPS) is 13.7. The number of rotatable bonds is 5. The number of pyridine rings is 1. The molecule has 1 amide bonds. The topological polar surface area (TPSA) is 59.2 Å². The van der Waals surface area contributed by atoms with E-state index in [1.54, 1.807) is 11.0 Å². The lowest BCUT2D eigenvalue weighted by molar-refractivity contribution is 0.0797. The Morgan fingerprint density at radius 3 is 3.00 bits per heavy atom. The summed E-state index contributed by atoms with van der Waals surface area (Å²) in [5.41, 5.74) is 10.4. The van der Waals surface area contributed by atoms with E-state index < -0.39 is 0 Å². The number of amides is 1. The third-order valence-corrected chi connectivity index (χ3v) is 4.21. The molecule has 0 atom stereocenters. The summed E-state index contributed by atoms with van der Waals surface area (Å²) in [6, 6.07) is 6.06. The van der Waals surface area contributed by atoms with Gasteiger partial charge in [0.15, 0.2) is 0 Å². The monoisotopic (exact) mass is 295 g/mol. The summed E-state index contributed by atoms with van der Waals surface area (Å²) in [5.74, 6) is -0.0410. The molecule has 0 bridgehead atoms. The fraction of sp³-hybridized carbons (Fsp3) is 0.333. The molecule has 4 heteroatoms. The summed E-state index contributed by atoms with van der Waals surface area (Å²) >= 11 is 0. The van der Waals surface area contributed by atoms with E-state index in [0.29, 0.717) is 24.3 Å². The first-order valence-corrected chi connectivity index (χ1v) is 7.77. The van der Waals surface area contributed by atoms with E-state index in [1.807, 2.05) is 12.1 Å². The van der Waals surface area contributed by atoms with E-state index in [4.69, 9.17) is 10.7 Å². The van der Waals surface area contributed by atoms with Crippen LogP contribution < -0.4 is 5.73 Å². The maximum Gasteiger partial charge on any atom is 0.258 e. The SMILES string of the molecule is C=CCN1Cc2nc3c(CCCC)cccc3c(N)c2C1=O. The molecule has 0 radical (unpaired) electrons. The van der Waals surface area contributed by atoms with E-state index in [2.05, 4.69) is 19.6 Å². The molecule has 0 unspecified atom stereocenters. The smallest absolute Gasteiger partial charge is 0.258 e. The zero-order valence-corrected chi connectivity index (χ0v) is 12.9. The molecule has 4 nitrogen and oxygen atoms in total. The lowest BCUT2D eigenvalue weighted by Gasteiger charge is -2.11. The largest absolute Gasteiger partial charge is 0.397 e. The first-order valence-electron chi connectivity index (χ1n) is 7.77. The quantitative estimate of drug-likeness (QED) is 0.861. The molecule has 2 N–H and O–H groups in total. The molecule has 1 aliphatic rings. The molecule has 1 aromatic carbocycles. The van der Waals surface area contributed by atoms with Gasteiger partial charge in [0.2, 0.25) is 0 Å². The van der Waals surface area contributed by atoms with Gasteiger partial charge in [-0.05, 0) is 18.4 Å². The molecular formula is C18H21N3O. The van der Waals surface area contributed by atoms with Crippen LogP contribution in [0.15, 0.2) is 30.9 Å². The molecule has 0 spiro atoms. The number of nitrogens with zero attached hydrogens (tertiary/aromatic N) is 2. The van der Waals surface area contributed by atoms with Crippen molar-refractivity contribution >= 4 is 22.5 Å². The fourth-order valence-corrected chi connectivity index (χ4v) is 3.06. The summed E-state index contributed by atoms with van der Waals surface area (Å²) in [5, 5.41) is 0.890. The van der Waals surface area contributed by atoms with Crippen molar-refractivity contribution in [1.82, 2.24) is 9.88 Å². The molecule has 22 heavy (non-hydrogen) atoms. The molecule has 3 rings (SSSR count). The summed E-state index contributed by atoms with van der Waals surface area (Å²) in [7, 11) is 0. The van der Waals surface area contributed by atoms with Gasteiger partial charge in [0.25, 0.3) is 5.91 Å². The Kier molecular flexibility index (Phi) is 3.84. The zero-order valence-electron chi connectivity index (χ0n) is 12.9. The Bertz CT molecular complexity index is 752. The minimum atomic E-state index is -0.0410. The number of nitrogens with two attached hydrogens (primary N) is 1. The van der Waals surface area contributed by atoms with Crippen LogP contribution in [0.4, 0.5) is 5.69 Å². The van der Waals surface area contributed by atoms with Gasteiger partial charge in [-0.2, -0.15) is 0 Å². The third-order valence-electron chi connectivity index (χ3n) is 4.21. The van der Waals surface area contributed by atoms with Crippen molar-refractivity contribution in [3.8, 4) is 0 Å². The van der Waals surface area contributed by atoms with Crippen molar-refractivity contribution in [2.24, 2.45) is 0 Å². The van der Waals surface area contributed by atoms with Crippen LogP contribution in [0.1, 0.15) is 41.4 Å².